The number of nitrogens with zero attached hydrogens (tertiary/aromatic N) is 3. The molecular weight excluding hydrogens is 391 g/mol. The van der Waals surface area contributed by atoms with E-state index in [1.807, 2.05) is 4.90 Å². The summed E-state index contributed by atoms with van der Waals surface area (Å²) in [7, 11) is 0. The van der Waals surface area contributed by atoms with Gasteiger partial charge in [-0.2, -0.15) is 5.26 Å². The van der Waals surface area contributed by atoms with Gasteiger partial charge in [-0.25, -0.2) is 4.39 Å². The molecule has 0 saturated carbocycles. The number of morpholine rings is 1. The van der Waals surface area contributed by atoms with Gasteiger partial charge in [0.1, 0.15) is 5.82 Å². The number of nitrogens with one attached hydrogen (secondary N) is 1. The normalized spacial score (nSPS) is 15.1. The Morgan fingerprint density at radius 1 is 1.40 bits per heavy atom. The number of carbonyl (C=O) groups excluding carboxylic acids is 1. The lowest BCUT2D eigenvalue weighted by molar-refractivity contribution is -0.117. The number of anilines is 1. The highest BCUT2D eigenvalue weighted by Crippen LogP contribution is 2.19. The maximum atomic E-state index is 13.8. The van der Waals surface area contributed by atoms with E-state index in [2.05, 4.69) is 32.2 Å². The van der Waals surface area contributed by atoms with Crippen molar-refractivity contribution in [2.24, 2.45) is 0 Å². The highest BCUT2D eigenvalue weighted by atomic mass is 79.9. The summed E-state index contributed by atoms with van der Waals surface area (Å²) in [6, 6.07) is 6.60. The minimum Gasteiger partial charge on any atom is -0.379 e. The molecule has 1 heterocycles. The van der Waals surface area contributed by atoms with Crippen molar-refractivity contribution >= 4 is 27.5 Å². The van der Waals surface area contributed by atoms with Crippen LogP contribution in [-0.4, -0.2) is 68.2 Å². The second-order valence-electron chi connectivity index (χ2n) is 5.81. The minimum absolute atomic E-state index is 0.127. The lowest BCUT2D eigenvalue weighted by Crippen LogP contribution is -2.43. The average molecular weight is 413 g/mol. The Labute approximate surface area is 155 Å². The summed E-state index contributed by atoms with van der Waals surface area (Å²) >= 11 is 3.18. The Morgan fingerprint density at radius 2 is 2.16 bits per heavy atom. The molecule has 0 aliphatic carbocycles. The fraction of sp³-hybridized carbons (Fsp3) is 0.529. The number of rotatable bonds is 8. The zero-order chi connectivity index (χ0) is 18.1. The van der Waals surface area contributed by atoms with Crippen LogP contribution in [0.15, 0.2) is 22.7 Å². The van der Waals surface area contributed by atoms with Crippen LogP contribution in [0.3, 0.4) is 0 Å². The van der Waals surface area contributed by atoms with Crippen LogP contribution in [0.1, 0.15) is 6.42 Å². The van der Waals surface area contributed by atoms with Crippen molar-refractivity contribution in [2.45, 2.75) is 6.42 Å². The molecule has 1 saturated heterocycles. The van der Waals surface area contributed by atoms with Gasteiger partial charge in [0.05, 0.1) is 31.5 Å². The monoisotopic (exact) mass is 412 g/mol. The Bertz CT molecular complexity index is 617. The Kier molecular flexibility index (Phi) is 8.28. The molecule has 136 valence electrons. The van der Waals surface area contributed by atoms with Crippen molar-refractivity contribution in [3.05, 3.63) is 28.5 Å². The number of nitriles is 1. The SMILES string of the molecule is N#CCCN(CCN1CCOCC1)CC(=O)Nc1ccc(Br)cc1F. The van der Waals surface area contributed by atoms with Gasteiger partial charge in [-0.15, -0.1) is 0 Å². The largest absolute Gasteiger partial charge is 0.379 e. The molecule has 1 fully saturated rings. The first-order valence-electron chi connectivity index (χ1n) is 8.23. The minimum atomic E-state index is -0.486. The summed E-state index contributed by atoms with van der Waals surface area (Å²) in [6.07, 6.45) is 0.350. The van der Waals surface area contributed by atoms with Crippen molar-refractivity contribution in [1.29, 1.82) is 5.26 Å². The molecule has 6 nitrogen and oxygen atoms in total. The predicted molar refractivity (Wildman–Crippen MR) is 96.7 cm³/mol. The van der Waals surface area contributed by atoms with Crippen molar-refractivity contribution < 1.29 is 13.9 Å². The summed E-state index contributed by atoms with van der Waals surface area (Å²) in [5.74, 6) is -0.777. The number of ether oxygens (including phenoxy) is 1. The molecule has 0 atom stereocenters. The van der Waals surface area contributed by atoms with E-state index in [4.69, 9.17) is 10.00 Å². The standard InChI is InChI=1S/C17H22BrFN4O2/c18-14-2-3-16(15(19)12-14)21-17(24)13-23(5-1-4-20)7-6-22-8-10-25-11-9-22/h2-3,12H,1,5-11,13H2,(H,21,24). The molecule has 1 amide bonds. The number of benzene rings is 1. The van der Waals surface area contributed by atoms with Gasteiger partial charge < -0.3 is 10.1 Å². The van der Waals surface area contributed by atoms with E-state index < -0.39 is 5.82 Å². The first-order chi connectivity index (χ1) is 12.1. The maximum Gasteiger partial charge on any atom is 0.238 e. The van der Waals surface area contributed by atoms with Gasteiger partial charge in [0, 0.05) is 43.6 Å². The number of hydrogen-bond acceptors (Lipinski definition) is 5. The number of amides is 1. The molecule has 0 spiro atoms. The predicted octanol–water partition coefficient (Wildman–Crippen LogP) is 2.07. The Morgan fingerprint density at radius 3 is 2.84 bits per heavy atom. The van der Waals surface area contributed by atoms with E-state index in [9.17, 15) is 9.18 Å². The smallest absolute Gasteiger partial charge is 0.238 e. The van der Waals surface area contributed by atoms with E-state index in [-0.39, 0.29) is 18.1 Å². The Balaban J connectivity index is 1.86. The Hall–Kier alpha value is -1.53. The van der Waals surface area contributed by atoms with Crippen LogP contribution >= 0.6 is 15.9 Å². The highest BCUT2D eigenvalue weighted by molar-refractivity contribution is 9.10. The third-order valence-corrected chi connectivity index (χ3v) is 4.44. The zero-order valence-electron chi connectivity index (χ0n) is 14.0. The fourth-order valence-corrected chi connectivity index (χ4v) is 2.90. The van der Waals surface area contributed by atoms with Crippen molar-refractivity contribution in [2.75, 3.05) is 57.8 Å². The fourth-order valence-electron chi connectivity index (χ4n) is 2.57. The molecule has 1 N–H and O–H groups in total. The highest BCUT2D eigenvalue weighted by Gasteiger charge is 2.15. The molecule has 25 heavy (non-hydrogen) atoms. The summed E-state index contributed by atoms with van der Waals surface area (Å²) < 4.78 is 19.8. The quantitative estimate of drug-likeness (QED) is 0.707. The summed E-state index contributed by atoms with van der Waals surface area (Å²) in [6.45, 7) is 5.33. The third kappa shape index (κ3) is 7.08. The van der Waals surface area contributed by atoms with Gasteiger partial charge >= 0.3 is 0 Å². The average Bonchev–Trinajstić information content (AvgIpc) is 2.60. The molecule has 0 radical (unpaired) electrons. The lowest BCUT2D eigenvalue weighted by atomic mass is 10.3. The van der Waals surface area contributed by atoms with Gasteiger partial charge in [-0.3, -0.25) is 14.6 Å². The van der Waals surface area contributed by atoms with Crippen molar-refractivity contribution in [3.8, 4) is 6.07 Å². The van der Waals surface area contributed by atoms with Crippen LogP contribution in [0.25, 0.3) is 0 Å². The van der Waals surface area contributed by atoms with Gasteiger partial charge in [0.15, 0.2) is 0 Å². The van der Waals surface area contributed by atoms with Crippen LogP contribution in [0.4, 0.5) is 10.1 Å². The van der Waals surface area contributed by atoms with Crippen LogP contribution < -0.4 is 5.32 Å². The van der Waals surface area contributed by atoms with Crippen LogP contribution in [0.2, 0.25) is 0 Å². The number of carbonyl (C=O) groups is 1. The van der Waals surface area contributed by atoms with E-state index >= 15 is 0 Å². The number of halogens is 2. The molecule has 0 unspecified atom stereocenters. The topological polar surface area (TPSA) is 68.6 Å². The van der Waals surface area contributed by atoms with E-state index in [1.165, 1.54) is 12.1 Å². The molecule has 1 aromatic rings. The van der Waals surface area contributed by atoms with Crippen LogP contribution in [0.5, 0.6) is 0 Å². The van der Waals surface area contributed by atoms with Gasteiger partial charge in [0.25, 0.3) is 0 Å². The first kappa shape index (κ1) is 19.8. The zero-order valence-corrected chi connectivity index (χ0v) is 15.6. The van der Waals surface area contributed by atoms with Crippen molar-refractivity contribution in [3.63, 3.8) is 0 Å². The summed E-state index contributed by atoms with van der Waals surface area (Å²) in [5, 5.41) is 11.4. The van der Waals surface area contributed by atoms with Crippen LogP contribution in [0, 0.1) is 17.1 Å². The third-order valence-electron chi connectivity index (χ3n) is 3.95. The molecule has 1 aliphatic heterocycles. The molecule has 0 bridgehead atoms. The second kappa shape index (κ2) is 10.5. The van der Waals surface area contributed by atoms with Gasteiger partial charge in [-0.1, -0.05) is 15.9 Å². The summed E-state index contributed by atoms with van der Waals surface area (Å²) in [4.78, 5) is 16.4. The van der Waals surface area contributed by atoms with E-state index in [0.29, 0.717) is 24.0 Å². The number of hydrogen-bond donors (Lipinski definition) is 1. The molecular formula is C17H22BrFN4O2. The molecule has 1 aliphatic rings. The molecule has 2 rings (SSSR count). The molecule has 8 heteroatoms. The van der Waals surface area contributed by atoms with Gasteiger partial charge in [-0.05, 0) is 18.2 Å². The van der Waals surface area contributed by atoms with Crippen LogP contribution in [-0.2, 0) is 9.53 Å². The van der Waals surface area contributed by atoms with Gasteiger partial charge in [0.2, 0.25) is 5.91 Å². The second-order valence-corrected chi connectivity index (χ2v) is 6.73. The van der Waals surface area contributed by atoms with Crippen molar-refractivity contribution in [1.82, 2.24) is 9.80 Å². The molecule has 0 aromatic heterocycles. The molecule has 1 aromatic carbocycles. The van der Waals surface area contributed by atoms with E-state index in [0.717, 1.165) is 32.8 Å². The van der Waals surface area contributed by atoms with E-state index in [1.54, 1.807) is 6.07 Å². The lowest BCUT2D eigenvalue weighted by Gasteiger charge is -2.29. The maximum absolute atomic E-state index is 13.8. The first-order valence-corrected chi connectivity index (χ1v) is 9.02. The summed E-state index contributed by atoms with van der Waals surface area (Å²) in [5.41, 5.74) is 0.154.